The number of carboxylic acid groups (broad SMARTS) is 1. The molecule has 0 bridgehead atoms. The summed E-state index contributed by atoms with van der Waals surface area (Å²) in [7, 11) is 0. The number of nitrogens with zero attached hydrogens (tertiary/aromatic N) is 2. The minimum absolute atomic E-state index is 0.306. The SMILES string of the molecule is O=C(Nc1ccccc1C(N=CC1(C(=O)O)Cc2ccccc2C1)c1ccccc1)c1ccccn1. The number of benzene rings is 3. The number of nitrogens with one attached hydrogen (secondary N) is 1. The van der Waals surface area contributed by atoms with E-state index in [0.29, 0.717) is 24.2 Å². The third-order valence-corrected chi connectivity index (χ3v) is 6.54. The van der Waals surface area contributed by atoms with Crippen LogP contribution in [-0.2, 0) is 17.6 Å². The van der Waals surface area contributed by atoms with Crippen molar-refractivity contribution in [3.63, 3.8) is 0 Å². The highest BCUT2D eigenvalue weighted by Gasteiger charge is 2.43. The first-order valence-corrected chi connectivity index (χ1v) is 11.8. The highest BCUT2D eigenvalue weighted by atomic mass is 16.4. The molecule has 0 saturated carbocycles. The van der Waals surface area contributed by atoms with Crippen LogP contribution in [0.25, 0.3) is 0 Å². The van der Waals surface area contributed by atoms with Gasteiger partial charge in [-0.25, -0.2) is 0 Å². The van der Waals surface area contributed by atoms with E-state index in [-0.39, 0.29) is 5.91 Å². The number of para-hydroxylation sites is 1. The maximum Gasteiger partial charge on any atom is 0.315 e. The molecule has 1 aliphatic rings. The number of hydrogen-bond acceptors (Lipinski definition) is 4. The van der Waals surface area contributed by atoms with Crippen molar-refractivity contribution in [1.82, 2.24) is 4.98 Å². The molecule has 6 nitrogen and oxygen atoms in total. The van der Waals surface area contributed by atoms with Crippen molar-refractivity contribution in [1.29, 1.82) is 0 Å². The Morgan fingerprint density at radius 1 is 0.861 bits per heavy atom. The van der Waals surface area contributed by atoms with E-state index in [4.69, 9.17) is 4.99 Å². The van der Waals surface area contributed by atoms with Gasteiger partial charge < -0.3 is 10.4 Å². The molecule has 1 heterocycles. The quantitative estimate of drug-likeness (QED) is 0.352. The largest absolute Gasteiger partial charge is 0.481 e. The fraction of sp³-hybridized carbons (Fsp3) is 0.133. The second kappa shape index (κ2) is 9.96. The number of fused-ring (bicyclic) bond motifs is 1. The van der Waals surface area contributed by atoms with E-state index in [1.807, 2.05) is 78.9 Å². The molecule has 1 aliphatic carbocycles. The van der Waals surface area contributed by atoms with Gasteiger partial charge in [-0.1, -0.05) is 78.9 Å². The summed E-state index contributed by atoms with van der Waals surface area (Å²) in [5, 5.41) is 13.2. The lowest BCUT2D eigenvalue weighted by Gasteiger charge is -2.22. The highest BCUT2D eigenvalue weighted by Crippen LogP contribution is 2.38. The minimum Gasteiger partial charge on any atom is -0.481 e. The van der Waals surface area contributed by atoms with Gasteiger partial charge in [0.25, 0.3) is 5.91 Å². The number of carboxylic acids is 1. The Labute approximate surface area is 209 Å². The molecule has 1 aromatic heterocycles. The van der Waals surface area contributed by atoms with Gasteiger partial charge in [0.15, 0.2) is 0 Å². The third kappa shape index (κ3) is 4.66. The van der Waals surface area contributed by atoms with Crippen molar-refractivity contribution in [2.24, 2.45) is 10.4 Å². The lowest BCUT2D eigenvalue weighted by molar-refractivity contribution is -0.144. The van der Waals surface area contributed by atoms with Crippen LogP contribution in [0.4, 0.5) is 5.69 Å². The summed E-state index contributed by atoms with van der Waals surface area (Å²) < 4.78 is 0. The van der Waals surface area contributed by atoms with Crippen LogP contribution in [0.15, 0.2) is 108 Å². The summed E-state index contributed by atoms with van der Waals surface area (Å²) in [6, 6.07) is 29.6. The van der Waals surface area contributed by atoms with Crippen LogP contribution in [0.1, 0.15) is 38.8 Å². The van der Waals surface area contributed by atoms with Gasteiger partial charge in [0, 0.05) is 23.7 Å². The van der Waals surface area contributed by atoms with Gasteiger partial charge in [0.05, 0.1) is 0 Å². The number of pyridine rings is 1. The van der Waals surface area contributed by atoms with Crippen molar-refractivity contribution in [2.75, 3.05) is 5.32 Å². The van der Waals surface area contributed by atoms with E-state index in [2.05, 4.69) is 10.3 Å². The molecule has 3 aromatic carbocycles. The summed E-state index contributed by atoms with van der Waals surface area (Å²) >= 11 is 0. The molecule has 1 atom stereocenters. The van der Waals surface area contributed by atoms with Crippen molar-refractivity contribution < 1.29 is 14.7 Å². The van der Waals surface area contributed by atoms with Gasteiger partial charge in [-0.15, -0.1) is 0 Å². The highest BCUT2D eigenvalue weighted by molar-refractivity contribution is 6.03. The zero-order valence-corrected chi connectivity index (χ0v) is 19.5. The first kappa shape index (κ1) is 23.2. The maximum absolute atomic E-state index is 12.9. The molecule has 0 fully saturated rings. The Hall–Kier alpha value is -4.58. The topological polar surface area (TPSA) is 91.7 Å². The van der Waals surface area contributed by atoms with Gasteiger partial charge in [0.1, 0.15) is 17.2 Å². The summed E-state index contributed by atoms with van der Waals surface area (Å²) in [4.78, 5) is 34.4. The Kier molecular flexibility index (Phi) is 6.41. The molecule has 1 amide bonds. The fourth-order valence-corrected chi connectivity index (χ4v) is 4.67. The minimum atomic E-state index is -1.12. The van der Waals surface area contributed by atoms with Gasteiger partial charge >= 0.3 is 5.97 Å². The predicted molar refractivity (Wildman–Crippen MR) is 139 cm³/mol. The summed E-state index contributed by atoms with van der Waals surface area (Å²) in [6.07, 6.45) is 3.95. The Balaban J connectivity index is 1.53. The van der Waals surface area contributed by atoms with Crippen LogP contribution in [0, 0.1) is 5.41 Å². The molecule has 6 heteroatoms. The lowest BCUT2D eigenvalue weighted by Crippen LogP contribution is -2.33. The molecule has 0 spiro atoms. The van der Waals surface area contributed by atoms with Crippen LogP contribution in [-0.4, -0.2) is 28.2 Å². The number of amides is 1. The first-order valence-electron chi connectivity index (χ1n) is 11.8. The molecule has 36 heavy (non-hydrogen) atoms. The Bertz CT molecular complexity index is 1390. The summed E-state index contributed by atoms with van der Waals surface area (Å²) in [6.45, 7) is 0. The van der Waals surface area contributed by atoms with Gasteiger partial charge in [-0.05, 0) is 47.7 Å². The number of aliphatic imine (C=N–C) groups is 1. The number of anilines is 1. The van der Waals surface area contributed by atoms with Crippen molar-refractivity contribution in [2.45, 2.75) is 18.9 Å². The zero-order valence-electron chi connectivity index (χ0n) is 19.5. The van der Waals surface area contributed by atoms with Gasteiger partial charge in [-0.2, -0.15) is 0 Å². The lowest BCUT2D eigenvalue weighted by atomic mass is 9.86. The normalized spacial score (nSPS) is 14.8. The van der Waals surface area contributed by atoms with E-state index in [0.717, 1.165) is 22.3 Å². The molecular weight excluding hydrogens is 450 g/mol. The number of rotatable bonds is 7. The van der Waals surface area contributed by atoms with Crippen LogP contribution >= 0.6 is 0 Å². The molecular formula is C30H25N3O3. The number of carbonyl (C=O) groups excluding carboxylic acids is 1. The Morgan fingerprint density at radius 3 is 2.17 bits per heavy atom. The van der Waals surface area contributed by atoms with Gasteiger partial charge in [-0.3, -0.25) is 19.6 Å². The van der Waals surface area contributed by atoms with Crippen LogP contribution in [0.5, 0.6) is 0 Å². The number of aliphatic carboxylic acids is 1. The monoisotopic (exact) mass is 475 g/mol. The van der Waals surface area contributed by atoms with E-state index in [1.165, 1.54) is 0 Å². The smallest absolute Gasteiger partial charge is 0.315 e. The zero-order chi connectivity index (χ0) is 25.0. The van der Waals surface area contributed by atoms with Crippen LogP contribution in [0.3, 0.4) is 0 Å². The molecule has 178 valence electrons. The Morgan fingerprint density at radius 2 is 1.50 bits per heavy atom. The molecule has 0 saturated heterocycles. The van der Waals surface area contributed by atoms with Crippen molar-refractivity contribution >= 4 is 23.8 Å². The maximum atomic E-state index is 12.9. The standard InChI is InChI=1S/C30H25N3O3/c34-28(26-16-8-9-17-31-26)33-25-15-7-6-14-24(25)27(21-10-2-1-3-11-21)32-20-30(29(35)36)18-22-12-4-5-13-23(22)19-30/h1-17,20,27H,18-19H2,(H,33,34)(H,35,36). The second-order valence-corrected chi connectivity index (χ2v) is 8.93. The summed E-state index contributed by atoms with van der Waals surface area (Å²) in [5.41, 5.74) is 3.50. The average molecular weight is 476 g/mol. The van der Waals surface area contributed by atoms with Crippen LogP contribution in [0.2, 0.25) is 0 Å². The molecule has 2 N–H and O–H groups in total. The van der Waals surface area contributed by atoms with Crippen molar-refractivity contribution in [3.8, 4) is 0 Å². The second-order valence-electron chi connectivity index (χ2n) is 8.93. The number of carbonyl (C=O) groups is 2. The van der Waals surface area contributed by atoms with Gasteiger partial charge in [0.2, 0.25) is 0 Å². The van der Waals surface area contributed by atoms with E-state index in [1.54, 1.807) is 30.6 Å². The first-order chi connectivity index (χ1) is 17.6. The van der Waals surface area contributed by atoms with E-state index < -0.39 is 17.4 Å². The molecule has 4 aromatic rings. The number of aromatic nitrogens is 1. The molecule has 0 radical (unpaired) electrons. The van der Waals surface area contributed by atoms with E-state index in [9.17, 15) is 14.7 Å². The van der Waals surface area contributed by atoms with E-state index >= 15 is 0 Å². The summed E-state index contributed by atoms with van der Waals surface area (Å²) in [5.74, 6) is -1.22. The predicted octanol–water partition coefficient (Wildman–Crippen LogP) is 5.36. The average Bonchev–Trinajstić information content (AvgIpc) is 3.31. The molecule has 0 aliphatic heterocycles. The fourth-order valence-electron chi connectivity index (χ4n) is 4.67. The number of hydrogen-bond donors (Lipinski definition) is 2. The van der Waals surface area contributed by atoms with Crippen LogP contribution < -0.4 is 5.32 Å². The third-order valence-electron chi connectivity index (χ3n) is 6.54. The molecule has 5 rings (SSSR count). The van der Waals surface area contributed by atoms with Crippen molar-refractivity contribution in [3.05, 3.63) is 131 Å². The molecule has 1 unspecified atom stereocenters.